The van der Waals surface area contributed by atoms with E-state index in [-0.39, 0.29) is 11.3 Å². The van der Waals surface area contributed by atoms with Gasteiger partial charge in [-0.25, -0.2) is 4.57 Å². The number of thioether (sulfide) groups is 1. The van der Waals surface area contributed by atoms with Gasteiger partial charge in [0, 0.05) is 22.7 Å². The summed E-state index contributed by atoms with van der Waals surface area (Å²) in [7, 11) is 0. The second kappa shape index (κ2) is 8.25. The van der Waals surface area contributed by atoms with E-state index >= 15 is 0 Å². The zero-order valence-electron chi connectivity index (χ0n) is 19.1. The van der Waals surface area contributed by atoms with Crippen LogP contribution in [0.15, 0.2) is 88.9 Å². The second-order valence-electron chi connectivity index (χ2n) is 8.43. The van der Waals surface area contributed by atoms with E-state index < -0.39 is 5.25 Å². The monoisotopic (exact) mass is 479 g/mol. The molecule has 172 valence electrons. The number of H-pyrrole nitrogens is 1. The zero-order chi connectivity index (χ0) is 24.1. The molecule has 6 rings (SSSR count). The molecule has 0 saturated heterocycles. The van der Waals surface area contributed by atoms with Crippen molar-refractivity contribution in [1.82, 2.24) is 24.1 Å². The largest absolute Gasteiger partial charge is 0.360 e. The van der Waals surface area contributed by atoms with Gasteiger partial charge in [0.05, 0.1) is 21.8 Å². The molecule has 0 amide bonds. The van der Waals surface area contributed by atoms with Crippen molar-refractivity contribution in [2.45, 2.75) is 24.3 Å². The SMILES string of the molecule is Cc1ccccc1-n1c(=O)c2ccccc2n2c(SC(C)C(=O)c3c[nH]c4ccccc34)nnc12. The highest BCUT2D eigenvalue weighted by molar-refractivity contribution is 8.00. The number of hydrogen-bond acceptors (Lipinski definition) is 5. The smallest absolute Gasteiger partial charge is 0.267 e. The number of aryl methyl sites for hydroxylation is 1. The Kier molecular flexibility index (Phi) is 5.04. The van der Waals surface area contributed by atoms with Gasteiger partial charge in [0.2, 0.25) is 5.78 Å². The van der Waals surface area contributed by atoms with Gasteiger partial charge < -0.3 is 4.98 Å². The van der Waals surface area contributed by atoms with Gasteiger partial charge in [-0.05, 0) is 43.7 Å². The Balaban J connectivity index is 1.50. The van der Waals surface area contributed by atoms with Crippen LogP contribution in [0.25, 0.3) is 33.3 Å². The highest BCUT2D eigenvalue weighted by Gasteiger charge is 2.24. The molecule has 0 aliphatic heterocycles. The van der Waals surface area contributed by atoms with Gasteiger partial charge in [0.15, 0.2) is 10.9 Å². The van der Waals surface area contributed by atoms with Crippen LogP contribution in [0.5, 0.6) is 0 Å². The lowest BCUT2D eigenvalue weighted by atomic mass is 10.1. The van der Waals surface area contributed by atoms with Gasteiger partial charge in [-0.1, -0.05) is 60.3 Å². The molecule has 0 aliphatic carbocycles. The fraction of sp³-hybridized carbons (Fsp3) is 0.111. The van der Waals surface area contributed by atoms with Crippen molar-refractivity contribution in [2.24, 2.45) is 0 Å². The predicted molar refractivity (Wildman–Crippen MR) is 139 cm³/mol. The third-order valence-corrected chi connectivity index (χ3v) is 7.30. The summed E-state index contributed by atoms with van der Waals surface area (Å²) in [6, 6.07) is 22.9. The van der Waals surface area contributed by atoms with Crippen LogP contribution < -0.4 is 5.56 Å². The Labute approximate surface area is 204 Å². The Morgan fingerprint density at radius 2 is 1.66 bits per heavy atom. The maximum atomic E-state index is 13.5. The van der Waals surface area contributed by atoms with E-state index in [4.69, 9.17) is 0 Å². The highest BCUT2D eigenvalue weighted by Crippen LogP contribution is 2.29. The van der Waals surface area contributed by atoms with Gasteiger partial charge >= 0.3 is 0 Å². The number of aromatic amines is 1. The number of carbonyl (C=O) groups is 1. The molecule has 6 aromatic rings. The quantitative estimate of drug-likeness (QED) is 0.272. The van der Waals surface area contributed by atoms with Gasteiger partial charge in [-0.3, -0.25) is 14.0 Å². The first-order valence-corrected chi connectivity index (χ1v) is 12.1. The molecule has 35 heavy (non-hydrogen) atoms. The predicted octanol–water partition coefficient (Wildman–Crippen LogP) is 5.19. The van der Waals surface area contributed by atoms with Crippen LogP contribution in [0.2, 0.25) is 0 Å². The van der Waals surface area contributed by atoms with E-state index in [1.165, 1.54) is 11.8 Å². The number of rotatable bonds is 5. The van der Waals surface area contributed by atoms with E-state index in [1.807, 2.05) is 85.0 Å². The normalized spacial score (nSPS) is 12.5. The summed E-state index contributed by atoms with van der Waals surface area (Å²) < 4.78 is 3.47. The number of nitrogens with zero attached hydrogens (tertiary/aromatic N) is 4. The average Bonchev–Trinajstić information content (AvgIpc) is 3.49. The topological polar surface area (TPSA) is 85.0 Å². The Morgan fingerprint density at radius 3 is 2.49 bits per heavy atom. The zero-order valence-corrected chi connectivity index (χ0v) is 19.9. The fourth-order valence-corrected chi connectivity index (χ4v) is 5.42. The summed E-state index contributed by atoms with van der Waals surface area (Å²) >= 11 is 1.33. The van der Waals surface area contributed by atoms with Gasteiger partial charge in [0.25, 0.3) is 5.56 Å². The molecule has 0 aliphatic rings. The molecule has 3 aromatic carbocycles. The van der Waals surface area contributed by atoms with Crippen LogP contribution in [0, 0.1) is 6.92 Å². The van der Waals surface area contributed by atoms with Crippen molar-refractivity contribution in [3.63, 3.8) is 0 Å². The Bertz CT molecular complexity index is 1810. The van der Waals surface area contributed by atoms with Crippen molar-refractivity contribution in [3.05, 3.63) is 100 Å². The molecule has 3 heterocycles. The maximum absolute atomic E-state index is 13.5. The van der Waals surface area contributed by atoms with Crippen molar-refractivity contribution in [3.8, 4) is 5.69 Å². The van der Waals surface area contributed by atoms with Crippen LogP contribution in [0.3, 0.4) is 0 Å². The maximum Gasteiger partial charge on any atom is 0.267 e. The van der Waals surface area contributed by atoms with Crippen LogP contribution in [-0.2, 0) is 0 Å². The van der Waals surface area contributed by atoms with Crippen LogP contribution in [0.1, 0.15) is 22.8 Å². The third kappa shape index (κ3) is 3.37. The lowest BCUT2D eigenvalue weighted by molar-refractivity contribution is 0.0995. The molecule has 3 aromatic heterocycles. The summed E-state index contributed by atoms with van der Waals surface area (Å²) in [4.78, 5) is 30.1. The number of para-hydroxylation sites is 3. The molecule has 0 spiro atoms. The molecule has 0 radical (unpaired) electrons. The first-order chi connectivity index (χ1) is 17.0. The first kappa shape index (κ1) is 21.4. The van der Waals surface area contributed by atoms with Gasteiger partial charge in [-0.2, -0.15) is 0 Å². The van der Waals surface area contributed by atoms with Crippen molar-refractivity contribution < 1.29 is 4.79 Å². The lowest BCUT2D eigenvalue weighted by Gasteiger charge is -2.14. The van der Waals surface area contributed by atoms with Crippen molar-refractivity contribution in [1.29, 1.82) is 0 Å². The third-order valence-electron chi connectivity index (χ3n) is 6.26. The molecule has 1 atom stereocenters. The summed E-state index contributed by atoms with van der Waals surface area (Å²) in [6.07, 6.45) is 1.76. The van der Waals surface area contributed by atoms with Crippen LogP contribution >= 0.6 is 11.8 Å². The van der Waals surface area contributed by atoms with Crippen LogP contribution in [0.4, 0.5) is 0 Å². The number of Topliss-reactive ketones (excluding diaryl/α,β-unsaturated/α-hetero) is 1. The Hall–Kier alpha value is -4.17. The molecule has 0 saturated carbocycles. The number of fused-ring (bicyclic) bond motifs is 4. The standard InChI is InChI=1S/C27H21N5O2S/c1-16-9-3-7-13-22(16)31-25(34)19-11-5-8-14-23(19)32-26(31)29-30-27(32)35-17(2)24(33)20-15-28-21-12-6-4-10-18(20)21/h3-15,17,28H,1-2H3. The number of carbonyl (C=O) groups excluding carboxylic acids is 1. The van der Waals surface area contributed by atoms with Gasteiger partial charge in [0.1, 0.15) is 0 Å². The number of nitrogens with one attached hydrogen (secondary N) is 1. The summed E-state index contributed by atoms with van der Waals surface area (Å²) in [5.41, 5.74) is 3.82. The second-order valence-corrected chi connectivity index (χ2v) is 9.74. The molecular formula is C27H21N5O2S. The number of ketones is 1. The number of aromatic nitrogens is 5. The summed E-state index contributed by atoms with van der Waals surface area (Å²) in [5.74, 6) is 0.415. The number of hydrogen-bond donors (Lipinski definition) is 1. The van der Waals surface area contributed by atoms with E-state index in [0.717, 1.165) is 22.2 Å². The highest BCUT2D eigenvalue weighted by atomic mass is 32.2. The van der Waals surface area contributed by atoms with Gasteiger partial charge in [-0.15, -0.1) is 10.2 Å². The molecule has 0 bridgehead atoms. The fourth-order valence-electron chi connectivity index (χ4n) is 4.49. The van der Waals surface area contributed by atoms with Crippen molar-refractivity contribution >= 4 is 45.1 Å². The average molecular weight is 480 g/mol. The van der Waals surface area contributed by atoms with Crippen molar-refractivity contribution in [2.75, 3.05) is 0 Å². The minimum absolute atomic E-state index is 0.000677. The summed E-state index contributed by atoms with van der Waals surface area (Å²) in [6.45, 7) is 3.83. The minimum atomic E-state index is -0.417. The molecule has 7 nitrogen and oxygen atoms in total. The first-order valence-electron chi connectivity index (χ1n) is 11.3. The van der Waals surface area contributed by atoms with E-state index in [0.29, 0.717) is 27.4 Å². The summed E-state index contributed by atoms with van der Waals surface area (Å²) in [5, 5.41) is 10.4. The Morgan fingerprint density at radius 1 is 0.943 bits per heavy atom. The number of benzene rings is 3. The van der Waals surface area contributed by atoms with E-state index in [2.05, 4.69) is 15.2 Å². The van der Waals surface area contributed by atoms with E-state index in [9.17, 15) is 9.59 Å². The lowest BCUT2D eigenvalue weighted by Crippen LogP contribution is -2.22. The molecule has 1 N–H and O–H groups in total. The molecule has 1 unspecified atom stereocenters. The molecular weight excluding hydrogens is 458 g/mol. The van der Waals surface area contributed by atoms with Crippen LogP contribution in [-0.4, -0.2) is 35.2 Å². The van der Waals surface area contributed by atoms with E-state index in [1.54, 1.807) is 16.8 Å². The molecule has 8 heteroatoms. The molecule has 0 fully saturated rings. The minimum Gasteiger partial charge on any atom is -0.360 e.